The molecule has 0 fully saturated rings. The fourth-order valence-electron chi connectivity index (χ4n) is 0.537. The highest BCUT2D eigenvalue weighted by Crippen LogP contribution is 1.94. The standard InChI is InChI=1S/C6H8N2O/c7-6-5(9)3-1-2-4-8-6/h1-3,9H,4H2,(H2,7,8). The van der Waals surface area contributed by atoms with Gasteiger partial charge in [-0.05, 0) is 6.08 Å². The number of hydrogen-bond donors (Lipinski definition) is 2. The third-order valence-electron chi connectivity index (χ3n) is 1.02. The molecule has 1 aliphatic heterocycles. The lowest BCUT2D eigenvalue weighted by Gasteiger charge is -1.92. The predicted octanol–water partition coefficient (Wildman–Crippen LogP) is 0.355. The third kappa shape index (κ3) is 1.32. The Morgan fingerprint density at radius 3 is 3.22 bits per heavy atom. The zero-order valence-electron chi connectivity index (χ0n) is 4.91. The number of amidine groups is 1. The van der Waals surface area contributed by atoms with E-state index in [9.17, 15) is 0 Å². The van der Waals surface area contributed by atoms with Gasteiger partial charge >= 0.3 is 0 Å². The first-order valence-corrected chi connectivity index (χ1v) is 2.67. The Hall–Kier alpha value is -1.25. The van der Waals surface area contributed by atoms with Crippen LogP contribution in [0.25, 0.3) is 0 Å². The van der Waals surface area contributed by atoms with Crippen LogP contribution in [0.2, 0.25) is 0 Å². The van der Waals surface area contributed by atoms with Crippen LogP contribution in [0.5, 0.6) is 0 Å². The van der Waals surface area contributed by atoms with Gasteiger partial charge in [0.05, 0.1) is 6.54 Å². The molecule has 1 heterocycles. The first kappa shape index (κ1) is 5.88. The van der Waals surface area contributed by atoms with Gasteiger partial charge in [-0.3, -0.25) is 4.99 Å². The maximum atomic E-state index is 8.91. The van der Waals surface area contributed by atoms with Crippen LogP contribution in [-0.4, -0.2) is 17.5 Å². The molecule has 0 aromatic heterocycles. The van der Waals surface area contributed by atoms with Crippen molar-refractivity contribution in [2.45, 2.75) is 0 Å². The SMILES string of the molecule is NC1=NCC=CC=C1O. The second-order valence-electron chi connectivity index (χ2n) is 1.71. The number of aliphatic hydroxyl groups is 1. The van der Waals surface area contributed by atoms with Crippen molar-refractivity contribution in [2.24, 2.45) is 10.7 Å². The van der Waals surface area contributed by atoms with E-state index in [0.717, 1.165) is 0 Å². The molecule has 0 amide bonds. The highest BCUT2D eigenvalue weighted by molar-refractivity contribution is 5.95. The molecule has 0 bridgehead atoms. The quantitative estimate of drug-likeness (QED) is 0.489. The molecule has 1 rings (SSSR count). The van der Waals surface area contributed by atoms with Crippen molar-refractivity contribution in [3.63, 3.8) is 0 Å². The molecule has 0 spiro atoms. The van der Waals surface area contributed by atoms with E-state index < -0.39 is 0 Å². The van der Waals surface area contributed by atoms with Gasteiger partial charge in [0.15, 0.2) is 11.6 Å². The molecule has 0 unspecified atom stereocenters. The molecule has 0 aromatic rings. The van der Waals surface area contributed by atoms with Crippen molar-refractivity contribution >= 4 is 5.84 Å². The van der Waals surface area contributed by atoms with E-state index >= 15 is 0 Å². The van der Waals surface area contributed by atoms with Crippen molar-refractivity contribution in [1.29, 1.82) is 0 Å². The summed E-state index contributed by atoms with van der Waals surface area (Å²) < 4.78 is 0. The lowest BCUT2D eigenvalue weighted by atomic mass is 10.4. The summed E-state index contributed by atoms with van der Waals surface area (Å²) in [5.74, 6) is 0.253. The third-order valence-corrected chi connectivity index (χ3v) is 1.02. The number of rotatable bonds is 0. The molecule has 9 heavy (non-hydrogen) atoms. The molecular weight excluding hydrogens is 116 g/mol. The van der Waals surface area contributed by atoms with Gasteiger partial charge in [0.25, 0.3) is 0 Å². The average molecular weight is 124 g/mol. The van der Waals surface area contributed by atoms with Crippen LogP contribution >= 0.6 is 0 Å². The summed E-state index contributed by atoms with van der Waals surface area (Å²) in [5.41, 5.74) is 5.27. The minimum atomic E-state index is 0.0451. The van der Waals surface area contributed by atoms with Gasteiger partial charge in [-0.25, -0.2) is 0 Å². The molecule has 3 heteroatoms. The van der Waals surface area contributed by atoms with Gasteiger partial charge in [-0.2, -0.15) is 0 Å². The van der Waals surface area contributed by atoms with Crippen molar-refractivity contribution in [1.82, 2.24) is 0 Å². The van der Waals surface area contributed by atoms with E-state index in [0.29, 0.717) is 6.54 Å². The molecule has 48 valence electrons. The summed E-state index contributed by atoms with van der Waals surface area (Å²) in [5, 5.41) is 8.91. The maximum Gasteiger partial charge on any atom is 0.161 e. The lowest BCUT2D eigenvalue weighted by Crippen LogP contribution is -2.14. The van der Waals surface area contributed by atoms with Crippen LogP contribution in [-0.2, 0) is 0 Å². The maximum absolute atomic E-state index is 8.91. The van der Waals surface area contributed by atoms with Crippen molar-refractivity contribution in [3.8, 4) is 0 Å². The fourth-order valence-corrected chi connectivity index (χ4v) is 0.537. The molecule has 0 saturated carbocycles. The van der Waals surface area contributed by atoms with E-state index in [-0.39, 0.29) is 11.6 Å². The van der Waals surface area contributed by atoms with Crippen LogP contribution in [0.15, 0.2) is 29.0 Å². The molecule has 0 aliphatic carbocycles. The largest absolute Gasteiger partial charge is 0.504 e. The Balaban J connectivity index is 2.85. The number of allylic oxidation sites excluding steroid dienone is 2. The van der Waals surface area contributed by atoms with E-state index in [1.54, 1.807) is 6.08 Å². The number of nitrogens with two attached hydrogens (primary N) is 1. The van der Waals surface area contributed by atoms with Crippen LogP contribution < -0.4 is 5.73 Å². The Kier molecular flexibility index (Phi) is 1.53. The van der Waals surface area contributed by atoms with Crippen molar-refractivity contribution in [2.75, 3.05) is 6.54 Å². The second-order valence-corrected chi connectivity index (χ2v) is 1.71. The molecule has 0 radical (unpaired) electrons. The number of aliphatic hydroxyl groups excluding tert-OH is 1. The number of hydrogen-bond acceptors (Lipinski definition) is 3. The monoisotopic (exact) mass is 124 g/mol. The van der Waals surface area contributed by atoms with Gasteiger partial charge in [0.1, 0.15) is 0 Å². The van der Waals surface area contributed by atoms with Crippen molar-refractivity contribution in [3.05, 3.63) is 24.0 Å². The highest BCUT2D eigenvalue weighted by atomic mass is 16.3. The van der Waals surface area contributed by atoms with Gasteiger partial charge in [-0.1, -0.05) is 12.2 Å². The summed E-state index contributed by atoms with van der Waals surface area (Å²) in [6.45, 7) is 0.548. The van der Waals surface area contributed by atoms with E-state index in [1.807, 2.05) is 6.08 Å². The van der Waals surface area contributed by atoms with Gasteiger partial charge < -0.3 is 10.8 Å². The van der Waals surface area contributed by atoms with Crippen LogP contribution in [0.1, 0.15) is 0 Å². The Morgan fingerprint density at radius 2 is 2.44 bits per heavy atom. The zero-order valence-corrected chi connectivity index (χ0v) is 4.91. The van der Waals surface area contributed by atoms with Gasteiger partial charge in [0, 0.05) is 0 Å². The van der Waals surface area contributed by atoms with Gasteiger partial charge in [-0.15, -0.1) is 0 Å². The van der Waals surface area contributed by atoms with E-state index in [1.165, 1.54) is 6.08 Å². The molecule has 0 atom stereocenters. The molecular formula is C6H8N2O. The second kappa shape index (κ2) is 2.35. The van der Waals surface area contributed by atoms with Gasteiger partial charge in [0.2, 0.25) is 0 Å². The molecule has 0 aromatic carbocycles. The minimum Gasteiger partial charge on any atom is -0.504 e. The summed E-state index contributed by atoms with van der Waals surface area (Å²) in [7, 11) is 0. The summed E-state index contributed by atoms with van der Waals surface area (Å²) in [6, 6.07) is 0. The Labute approximate surface area is 53.2 Å². The summed E-state index contributed by atoms with van der Waals surface area (Å²) >= 11 is 0. The molecule has 3 N–H and O–H groups in total. The van der Waals surface area contributed by atoms with Crippen LogP contribution in [0, 0.1) is 0 Å². The van der Waals surface area contributed by atoms with Crippen LogP contribution in [0.3, 0.4) is 0 Å². The minimum absolute atomic E-state index is 0.0451. The lowest BCUT2D eigenvalue weighted by molar-refractivity contribution is 0.442. The van der Waals surface area contributed by atoms with E-state index in [2.05, 4.69) is 4.99 Å². The normalized spacial score (nSPS) is 18.2. The Morgan fingerprint density at radius 1 is 1.67 bits per heavy atom. The summed E-state index contributed by atoms with van der Waals surface area (Å²) in [4.78, 5) is 3.79. The molecule has 1 aliphatic rings. The highest BCUT2D eigenvalue weighted by Gasteiger charge is 1.97. The number of aliphatic imine (C=N–C) groups is 1. The first-order chi connectivity index (χ1) is 4.30. The average Bonchev–Trinajstić information content (AvgIpc) is 1.99. The number of nitrogens with zero attached hydrogens (tertiary/aromatic N) is 1. The summed E-state index contributed by atoms with van der Waals surface area (Å²) in [6.07, 6.45) is 5.06. The predicted molar refractivity (Wildman–Crippen MR) is 36.3 cm³/mol. The molecule has 0 saturated heterocycles. The fraction of sp³-hybridized carbons (Fsp3) is 0.167. The zero-order chi connectivity index (χ0) is 6.69. The van der Waals surface area contributed by atoms with E-state index in [4.69, 9.17) is 10.8 Å². The topological polar surface area (TPSA) is 58.6 Å². The van der Waals surface area contributed by atoms with Crippen LogP contribution in [0.4, 0.5) is 0 Å². The first-order valence-electron chi connectivity index (χ1n) is 2.67. The van der Waals surface area contributed by atoms with Crippen molar-refractivity contribution < 1.29 is 5.11 Å². The smallest absolute Gasteiger partial charge is 0.161 e. The molecule has 3 nitrogen and oxygen atoms in total. The Bertz CT molecular complexity index is 191.